The summed E-state index contributed by atoms with van der Waals surface area (Å²) in [6, 6.07) is 0. The topological polar surface area (TPSA) is 78.9 Å². The summed E-state index contributed by atoms with van der Waals surface area (Å²) in [7, 11) is 0. The second-order valence-electron chi connectivity index (χ2n) is 17.4. The molecule has 0 spiro atoms. The molecule has 6 nitrogen and oxygen atoms in total. The molecule has 6 heteroatoms. The van der Waals surface area contributed by atoms with Crippen LogP contribution in [0.25, 0.3) is 0 Å². The van der Waals surface area contributed by atoms with Crippen LogP contribution < -0.4 is 0 Å². The predicted octanol–water partition coefficient (Wildman–Crippen LogP) is 18.4. The molecule has 0 aliphatic carbocycles. The van der Waals surface area contributed by atoms with E-state index in [0.29, 0.717) is 19.3 Å². The van der Waals surface area contributed by atoms with Crippen molar-refractivity contribution < 1.29 is 28.6 Å². The maximum Gasteiger partial charge on any atom is 0.306 e. The molecule has 0 fully saturated rings. The van der Waals surface area contributed by atoms with Gasteiger partial charge in [-0.2, -0.15) is 0 Å². The van der Waals surface area contributed by atoms with Crippen molar-refractivity contribution in [2.45, 2.75) is 219 Å². The van der Waals surface area contributed by atoms with E-state index in [0.717, 1.165) is 122 Å². The number of carbonyl (C=O) groups excluding carboxylic acids is 3. The Morgan fingerprint density at radius 1 is 0.304 bits per heavy atom. The summed E-state index contributed by atoms with van der Waals surface area (Å²) in [6.45, 7) is 6.29. The third kappa shape index (κ3) is 54.1. The number of unbranched alkanes of at least 4 members (excludes halogenated alkanes) is 12. The van der Waals surface area contributed by atoms with Crippen molar-refractivity contribution >= 4 is 17.9 Å². The molecular formula is C63H98O6. The molecule has 1 atom stereocenters. The van der Waals surface area contributed by atoms with Crippen molar-refractivity contribution in [3.63, 3.8) is 0 Å². The number of rotatable bonds is 47. The Labute approximate surface area is 423 Å². The largest absolute Gasteiger partial charge is 0.462 e. The maximum absolute atomic E-state index is 12.8. The van der Waals surface area contributed by atoms with Gasteiger partial charge in [0, 0.05) is 19.3 Å². The van der Waals surface area contributed by atoms with Crippen LogP contribution in [0.2, 0.25) is 0 Å². The van der Waals surface area contributed by atoms with E-state index < -0.39 is 6.10 Å². The summed E-state index contributed by atoms with van der Waals surface area (Å²) >= 11 is 0. The molecule has 0 aliphatic heterocycles. The summed E-state index contributed by atoms with van der Waals surface area (Å²) in [5, 5.41) is 0. The minimum absolute atomic E-state index is 0.114. The number of hydrogen-bond donors (Lipinski definition) is 0. The summed E-state index contributed by atoms with van der Waals surface area (Å²) in [5.41, 5.74) is 0. The molecule has 0 bridgehead atoms. The van der Waals surface area contributed by atoms with E-state index in [1.165, 1.54) is 38.5 Å². The fourth-order valence-corrected chi connectivity index (χ4v) is 6.81. The second kappa shape index (κ2) is 55.9. The maximum atomic E-state index is 12.8. The molecule has 0 rings (SSSR count). The third-order valence-corrected chi connectivity index (χ3v) is 10.8. The number of esters is 3. The van der Waals surface area contributed by atoms with E-state index in [9.17, 15) is 14.4 Å². The number of allylic oxidation sites excluding steroid dienone is 24. The van der Waals surface area contributed by atoms with Crippen LogP contribution in [0.1, 0.15) is 213 Å². The highest BCUT2D eigenvalue weighted by Crippen LogP contribution is 2.12. The smallest absolute Gasteiger partial charge is 0.306 e. The minimum atomic E-state index is -0.823. The zero-order valence-corrected chi connectivity index (χ0v) is 44.0. The van der Waals surface area contributed by atoms with Crippen LogP contribution in [0, 0.1) is 0 Å². The molecule has 0 saturated heterocycles. The second-order valence-corrected chi connectivity index (χ2v) is 17.4. The van der Waals surface area contributed by atoms with Crippen molar-refractivity contribution in [1.29, 1.82) is 0 Å². The molecule has 0 amide bonds. The average molecular weight is 951 g/mol. The first kappa shape index (κ1) is 64.3. The van der Waals surface area contributed by atoms with Gasteiger partial charge in [-0.3, -0.25) is 14.4 Å². The molecule has 0 aromatic rings. The van der Waals surface area contributed by atoms with Crippen LogP contribution in [0.4, 0.5) is 0 Å². The van der Waals surface area contributed by atoms with Gasteiger partial charge in [-0.15, -0.1) is 0 Å². The molecular weight excluding hydrogens is 853 g/mol. The van der Waals surface area contributed by atoms with Gasteiger partial charge in [0.05, 0.1) is 0 Å². The van der Waals surface area contributed by atoms with E-state index in [4.69, 9.17) is 14.2 Å². The summed E-state index contributed by atoms with van der Waals surface area (Å²) in [6.07, 6.45) is 79.9. The fraction of sp³-hybridized carbons (Fsp3) is 0.571. The molecule has 0 N–H and O–H groups in total. The van der Waals surface area contributed by atoms with Crippen molar-refractivity contribution in [1.82, 2.24) is 0 Å². The lowest BCUT2D eigenvalue weighted by molar-refractivity contribution is -0.167. The number of ether oxygens (including phenoxy) is 3. The van der Waals surface area contributed by atoms with Gasteiger partial charge < -0.3 is 14.2 Å². The van der Waals surface area contributed by atoms with Crippen LogP contribution >= 0.6 is 0 Å². The Balaban J connectivity index is 4.50. The highest BCUT2D eigenvalue weighted by Gasteiger charge is 2.19. The van der Waals surface area contributed by atoms with Crippen molar-refractivity contribution in [2.75, 3.05) is 13.2 Å². The van der Waals surface area contributed by atoms with Gasteiger partial charge in [-0.1, -0.05) is 224 Å². The molecule has 0 aliphatic rings. The average Bonchev–Trinajstić information content (AvgIpc) is 3.35. The molecule has 1 unspecified atom stereocenters. The van der Waals surface area contributed by atoms with Crippen LogP contribution in [0.3, 0.4) is 0 Å². The number of carbonyl (C=O) groups is 3. The molecule has 0 aromatic heterocycles. The zero-order chi connectivity index (χ0) is 50.0. The first-order chi connectivity index (χ1) is 34.0. The molecule has 69 heavy (non-hydrogen) atoms. The normalized spacial score (nSPS) is 13.3. The zero-order valence-electron chi connectivity index (χ0n) is 44.0. The molecule has 0 radical (unpaired) electrons. The van der Waals surface area contributed by atoms with Gasteiger partial charge in [-0.05, 0) is 116 Å². The van der Waals surface area contributed by atoms with Gasteiger partial charge in [0.1, 0.15) is 13.2 Å². The summed E-state index contributed by atoms with van der Waals surface area (Å²) in [4.78, 5) is 38.0. The lowest BCUT2D eigenvalue weighted by atomic mass is 10.1. The Morgan fingerprint density at radius 3 is 0.942 bits per heavy atom. The van der Waals surface area contributed by atoms with Gasteiger partial charge in [-0.25, -0.2) is 0 Å². The van der Waals surface area contributed by atoms with Crippen molar-refractivity contribution in [2.24, 2.45) is 0 Å². The summed E-state index contributed by atoms with van der Waals surface area (Å²) in [5.74, 6) is -1.02. The van der Waals surface area contributed by atoms with Crippen LogP contribution in [0.5, 0.6) is 0 Å². The standard InChI is InChI=1S/C63H98O6/c1-4-7-10-13-16-19-21-23-25-27-29-30-31-32-34-35-37-39-41-44-47-50-53-56-62(65)68-59-60(58-67-61(64)55-52-49-46-43-18-15-12-9-6-3)69-63(66)57-54-51-48-45-42-40-38-36-33-28-26-24-22-20-17-14-11-8-5-2/h7-8,10-11,16-17,19-20,23-26,29-30,32-34,36-37,39-40,42,44,47,60H,4-6,9,12-15,18,21-22,27-28,31,35,38,41,43,45-46,48-59H2,1-3H3/b10-7-,11-8-,19-16-,20-17-,25-23-,26-24-,30-29-,34-32-,36-33-,39-37-,42-40-,47-44-. The molecule has 386 valence electrons. The number of hydrogen-bond acceptors (Lipinski definition) is 6. The van der Waals surface area contributed by atoms with Crippen molar-refractivity contribution in [3.05, 3.63) is 146 Å². The third-order valence-electron chi connectivity index (χ3n) is 10.8. The monoisotopic (exact) mass is 951 g/mol. The highest BCUT2D eigenvalue weighted by molar-refractivity contribution is 5.71. The van der Waals surface area contributed by atoms with Crippen LogP contribution in [-0.2, 0) is 28.6 Å². The molecule has 0 heterocycles. The van der Waals surface area contributed by atoms with Crippen LogP contribution in [-0.4, -0.2) is 37.2 Å². The van der Waals surface area contributed by atoms with E-state index in [-0.39, 0.29) is 44.0 Å². The van der Waals surface area contributed by atoms with Gasteiger partial charge in [0.25, 0.3) is 0 Å². The Kier molecular flexibility index (Phi) is 52.1. The van der Waals surface area contributed by atoms with E-state index >= 15 is 0 Å². The highest BCUT2D eigenvalue weighted by atomic mass is 16.6. The first-order valence-electron chi connectivity index (χ1n) is 27.3. The van der Waals surface area contributed by atoms with E-state index in [1.807, 2.05) is 0 Å². The fourth-order valence-electron chi connectivity index (χ4n) is 6.81. The predicted molar refractivity (Wildman–Crippen MR) is 297 cm³/mol. The first-order valence-corrected chi connectivity index (χ1v) is 27.3. The van der Waals surface area contributed by atoms with E-state index in [2.05, 4.69) is 167 Å². The lowest BCUT2D eigenvalue weighted by Crippen LogP contribution is -2.30. The summed E-state index contributed by atoms with van der Waals surface area (Å²) < 4.78 is 16.7. The Bertz CT molecular complexity index is 1560. The van der Waals surface area contributed by atoms with Gasteiger partial charge in [0.15, 0.2) is 6.10 Å². The van der Waals surface area contributed by atoms with Gasteiger partial charge >= 0.3 is 17.9 Å². The SMILES string of the molecule is CC/C=C\C/C=C\C/C=C\C/C=C\C/C=C\C/C=C\C/C=C\CCCC(=O)OCC(COC(=O)CCCCCCCCCCC)OC(=O)CCCCC/C=C\C/C=C\C/C=C\C/C=C\C/C=C\CC. The lowest BCUT2D eigenvalue weighted by Gasteiger charge is -2.18. The van der Waals surface area contributed by atoms with Gasteiger partial charge in [0.2, 0.25) is 0 Å². The molecule has 0 aromatic carbocycles. The van der Waals surface area contributed by atoms with E-state index in [1.54, 1.807) is 0 Å². The van der Waals surface area contributed by atoms with Crippen molar-refractivity contribution in [3.8, 4) is 0 Å². The minimum Gasteiger partial charge on any atom is -0.462 e. The Morgan fingerprint density at radius 2 is 0.580 bits per heavy atom. The molecule has 0 saturated carbocycles. The van der Waals surface area contributed by atoms with Crippen LogP contribution in [0.15, 0.2) is 146 Å². The quantitative estimate of drug-likeness (QED) is 0.0262. The Hall–Kier alpha value is -4.71.